The van der Waals surface area contributed by atoms with Crippen LogP contribution in [0.25, 0.3) is 0 Å². The lowest BCUT2D eigenvalue weighted by atomic mass is 10.2. The second kappa shape index (κ2) is 9.26. The number of ketones is 1. The van der Waals surface area contributed by atoms with Crippen molar-refractivity contribution < 1.29 is 32.3 Å². The second-order valence-electron chi connectivity index (χ2n) is 6.44. The predicted octanol–water partition coefficient (Wildman–Crippen LogP) is 0.347. The quantitative estimate of drug-likeness (QED) is 0.507. The van der Waals surface area contributed by atoms with Crippen molar-refractivity contribution in [1.29, 1.82) is 0 Å². The standard InChI is InChI=1S/C18H24N2O7S/c1-12(18(23)27-14(3)17(22)20-8-10-26-11-9-20)19-28(24,25)16-6-4-15(5-7-16)13(2)21/h4-7,12,14,19H,8-11H2,1-3H3. The van der Waals surface area contributed by atoms with E-state index in [-0.39, 0.29) is 16.6 Å². The molecule has 1 fully saturated rings. The molecule has 1 aromatic carbocycles. The van der Waals surface area contributed by atoms with E-state index in [9.17, 15) is 22.8 Å². The van der Waals surface area contributed by atoms with Gasteiger partial charge in [0.05, 0.1) is 18.1 Å². The van der Waals surface area contributed by atoms with Gasteiger partial charge in [0.1, 0.15) is 6.04 Å². The number of carbonyl (C=O) groups excluding carboxylic acids is 3. The molecule has 1 heterocycles. The van der Waals surface area contributed by atoms with Gasteiger partial charge in [-0.2, -0.15) is 4.72 Å². The van der Waals surface area contributed by atoms with Gasteiger partial charge in [0, 0.05) is 18.7 Å². The van der Waals surface area contributed by atoms with Crippen molar-refractivity contribution in [3.8, 4) is 0 Å². The number of esters is 1. The summed E-state index contributed by atoms with van der Waals surface area (Å²) in [6.45, 7) is 5.82. The molecule has 9 nitrogen and oxygen atoms in total. The Morgan fingerprint density at radius 2 is 1.68 bits per heavy atom. The molecule has 1 aliphatic heterocycles. The van der Waals surface area contributed by atoms with Gasteiger partial charge in [-0.05, 0) is 32.9 Å². The first-order valence-electron chi connectivity index (χ1n) is 8.82. The smallest absolute Gasteiger partial charge is 0.324 e. The van der Waals surface area contributed by atoms with Crippen LogP contribution in [0.5, 0.6) is 0 Å². The monoisotopic (exact) mass is 412 g/mol. The fourth-order valence-electron chi connectivity index (χ4n) is 2.59. The van der Waals surface area contributed by atoms with E-state index in [1.807, 2.05) is 0 Å². The van der Waals surface area contributed by atoms with Gasteiger partial charge in [0.25, 0.3) is 5.91 Å². The Bertz CT molecular complexity index is 830. The summed E-state index contributed by atoms with van der Waals surface area (Å²) in [6.07, 6.45) is -1.03. The lowest BCUT2D eigenvalue weighted by Gasteiger charge is -2.29. The molecule has 1 saturated heterocycles. The highest BCUT2D eigenvalue weighted by Gasteiger charge is 2.29. The third kappa shape index (κ3) is 5.60. The molecule has 28 heavy (non-hydrogen) atoms. The zero-order valence-electron chi connectivity index (χ0n) is 16.0. The number of carbonyl (C=O) groups is 3. The average Bonchev–Trinajstić information content (AvgIpc) is 2.67. The number of amides is 1. The summed E-state index contributed by atoms with van der Waals surface area (Å²) >= 11 is 0. The maximum Gasteiger partial charge on any atom is 0.324 e. The van der Waals surface area contributed by atoms with Crippen molar-refractivity contribution in [2.45, 2.75) is 37.8 Å². The van der Waals surface area contributed by atoms with Gasteiger partial charge in [0.15, 0.2) is 11.9 Å². The number of nitrogens with one attached hydrogen (secondary N) is 1. The molecule has 0 saturated carbocycles. The van der Waals surface area contributed by atoms with Gasteiger partial charge < -0.3 is 14.4 Å². The Balaban J connectivity index is 1.96. The minimum atomic E-state index is -4.00. The third-order valence-corrected chi connectivity index (χ3v) is 5.78. The van der Waals surface area contributed by atoms with E-state index in [0.717, 1.165) is 0 Å². The van der Waals surface area contributed by atoms with Crippen LogP contribution in [-0.2, 0) is 29.1 Å². The lowest BCUT2D eigenvalue weighted by molar-refractivity contribution is -0.161. The molecule has 0 radical (unpaired) electrons. The lowest BCUT2D eigenvalue weighted by Crippen LogP contribution is -2.47. The molecular formula is C18H24N2O7S. The molecule has 1 amide bonds. The van der Waals surface area contributed by atoms with Crippen LogP contribution >= 0.6 is 0 Å². The Labute approximate surface area is 164 Å². The van der Waals surface area contributed by atoms with Crippen molar-refractivity contribution >= 4 is 27.7 Å². The predicted molar refractivity (Wildman–Crippen MR) is 99.2 cm³/mol. The highest BCUT2D eigenvalue weighted by atomic mass is 32.2. The average molecular weight is 412 g/mol. The van der Waals surface area contributed by atoms with Gasteiger partial charge >= 0.3 is 5.97 Å². The molecule has 1 aliphatic rings. The van der Waals surface area contributed by atoms with E-state index in [1.165, 1.54) is 49.9 Å². The number of rotatable bonds is 7. The summed E-state index contributed by atoms with van der Waals surface area (Å²) in [5, 5.41) is 0. The SMILES string of the molecule is CC(=O)c1ccc(S(=O)(=O)NC(C)C(=O)OC(C)C(=O)N2CCOCC2)cc1. The minimum Gasteiger partial charge on any atom is -0.451 e. The molecule has 1 aromatic rings. The van der Waals surface area contributed by atoms with Gasteiger partial charge in [0.2, 0.25) is 10.0 Å². The molecule has 2 atom stereocenters. The molecule has 0 bridgehead atoms. The summed E-state index contributed by atoms with van der Waals surface area (Å²) in [7, 11) is -4.00. The summed E-state index contributed by atoms with van der Waals surface area (Å²) < 4.78 is 37.3. The molecule has 0 spiro atoms. The summed E-state index contributed by atoms with van der Waals surface area (Å²) in [6, 6.07) is 4.15. The van der Waals surface area contributed by atoms with Crippen molar-refractivity contribution in [3.63, 3.8) is 0 Å². The highest BCUT2D eigenvalue weighted by Crippen LogP contribution is 2.12. The molecule has 2 unspecified atom stereocenters. The zero-order valence-corrected chi connectivity index (χ0v) is 16.8. The summed E-state index contributed by atoms with van der Waals surface area (Å²) in [5.74, 6) is -1.41. The highest BCUT2D eigenvalue weighted by molar-refractivity contribution is 7.89. The van der Waals surface area contributed by atoms with Crippen molar-refractivity contribution in [1.82, 2.24) is 9.62 Å². The fourth-order valence-corrected chi connectivity index (χ4v) is 3.78. The zero-order chi connectivity index (χ0) is 20.9. The van der Waals surface area contributed by atoms with E-state index in [2.05, 4.69) is 4.72 Å². The van der Waals surface area contributed by atoms with Crippen LogP contribution in [0.4, 0.5) is 0 Å². The van der Waals surface area contributed by atoms with Crippen LogP contribution in [0, 0.1) is 0 Å². The Morgan fingerprint density at radius 1 is 1.11 bits per heavy atom. The van der Waals surface area contributed by atoms with E-state index in [0.29, 0.717) is 31.9 Å². The number of ether oxygens (including phenoxy) is 2. The first-order chi connectivity index (χ1) is 13.1. The second-order valence-corrected chi connectivity index (χ2v) is 8.15. The van der Waals surface area contributed by atoms with Crippen molar-refractivity contribution in [2.75, 3.05) is 26.3 Å². The van der Waals surface area contributed by atoms with Crippen molar-refractivity contribution in [2.24, 2.45) is 0 Å². The Hall–Kier alpha value is -2.30. The number of benzene rings is 1. The fraction of sp³-hybridized carbons (Fsp3) is 0.500. The van der Waals surface area contributed by atoms with Crippen molar-refractivity contribution in [3.05, 3.63) is 29.8 Å². The minimum absolute atomic E-state index is 0.0883. The Kier molecular flexibility index (Phi) is 7.28. The number of nitrogens with zero attached hydrogens (tertiary/aromatic N) is 1. The summed E-state index contributed by atoms with van der Waals surface area (Å²) in [4.78, 5) is 37.2. The summed E-state index contributed by atoms with van der Waals surface area (Å²) in [5.41, 5.74) is 0.377. The number of sulfonamides is 1. The van der Waals surface area contributed by atoms with Crippen LogP contribution in [0.1, 0.15) is 31.1 Å². The Morgan fingerprint density at radius 3 is 2.21 bits per heavy atom. The molecule has 0 aromatic heterocycles. The first kappa shape index (κ1) is 22.0. The molecule has 1 N–H and O–H groups in total. The molecular weight excluding hydrogens is 388 g/mol. The molecule has 10 heteroatoms. The van der Waals surface area contributed by atoms with Crippen LogP contribution in [0.2, 0.25) is 0 Å². The normalized spacial score (nSPS) is 16.9. The topological polar surface area (TPSA) is 119 Å². The molecule has 2 rings (SSSR count). The van der Waals surface area contributed by atoms with Gasteiger partial charge in [-0.15, -0.1) is 0 Å². The molecule has 0 aliphatic carbocycles. The largest absolute Gasteiger partial charge is 0.451 e. The van der Waals surface area contributed by atoms with Crippen LogP contribution < -0.4 is 4.72 Å². The van der Waals surface area contributed by atoms with Crippen LogP contribution in [0.15, 0.2) is 29.2 Å². The van der Waals surface area contributed by atoms with E-state index in [4.69, 9.17) is 9.47 Å². The van der Waals surface area contributed by atoms with E-state index < -0.39 is 28.1 Å². The number of morpholine rings is 1. The van der Waals surface area contributed by atoms with Gasteiger partial charge in [-0.25, -0.2) is 8.42 Å². The molecule has 154 valence electrons. The van der Waals surface area contributed by atoms with E-state index >= 15 is 0 Å². The van der Waals surface area contributed by atoms with Crippen LogP contribution in [0.3, 0.4) is 0 Å². The van der Waals surface area contributed by atoms with E-state index in [1.54, 1.807) is 0 Å². The van der Waals surface area contributed by atoms with Crippen LogP contribution in [-0.4, -0.2) is 69.4 Å². The number of hydrogen-bond acceptors (Lipinski definition) is 7. The number of hydrogen-bond donors (Lipinski definition) is 1. The third-order valence-electron chi connectivity index (χ3n) is 4.22. The maximum atomic E-state index is 12.4. The number of Topliss-reactive ketones (excluding diaryl/α,β-unsaturated/α-hetero) is 1. The van der Waals surface area contributed by atoms with Gasteiger partial charge in [-0.1, -0.05) is 12.1 Å². The maximum absolute atomic E-state index is 12.4. The van der Waals surface area contributed by atoms with Gasteiger partial charge in [-0.3, -0.25) is 14.4 Å². The first-order valence-corrected chi connectivity index (χ1v) is 10.3.